The molecule has 0 spiro atoms. The largest absolute Gasteiger partial charge is 0.444 e. The smallest absolute Gasteiger partial charge is 0.410 e. The molecule has 1 saturated heterocycles. The number of aryl methyl sites for hydroxylation is 1. The number of nitrogens with one attached hydrogen (secondary N) is 2. The maximum absolute atomic E-state index is 12.9. The van der Waals surface area contributed by atoms with Crippen LogP contribution in [0.5, 0.6) is 0 Å². The van der Waals surface area contributed by atoms with E-state index in [2.05, 4.69) is 20.6 Å². The second kappa shape index (κ2) is 11.3. The number of ether oxygens (including phenoxy) is 1. The van der Waals surface area contributed by atoms with Gasteiger partial charge < -0.3 is 15.0 Å². The third kappa shape index (κ3) is 5.68. The maximum atomic E-state index is 12.9. The molecule has 1 aromatic carbocycles. The van der Waals surface area contributed by atoms with Gasteiger partial charge in [0.1, 0.15) is 11.9 Å². The first-order valence-corrected chi connectivity index (χ1v) is 15.0. The molecule has 0 saturated carbocycles. The van der Waals surface area contributed by atoms with Crippen LogP contribution in [-0.2, 0) is 17.6 Å². The monoisotopic (exact) mass is 606 g/mol. The maximum Gasteiger partial charge on any atom is 0.410 e. The number of carbonyl (C=O) groups is 2. The standard InChI is InChI=1S/C29H31ClN8O3S/c1-29(2,3)41-28(40)37-12-6-7-18(37)15-33-26(39)35-27-34-21-11-10-19-23(17-13-31-16-32-14-17)36-38(24(19)25(21)42-27)22-9-5-4-8-20(22)30/h4-5,8-9,13-14,16,18H,6-7,10-12,15H2,1-3H3,(H2,33,34,35,39)/t18-/m0/s1. The number of hydrogen-bond acceptors (Lipinski definition) is 8. The van der Waals surface area contributed by atoms with Crippen molar-refractivity contribution in [3.8, 4) is 27.5 Å². The third-order valence-electron chi connectivity index (χ3n) is 7.15. The van der Waals surface area contributed by atoms with Gasteiger partial charge in [-0.05, 0) is 58.6 Å². The summed E-state index contributed by atoms with van der Waals surface area (Å²) < 4.78 is 7.39. The highest BCUT2D eigenvalue weighted by Crippen LogP contribution is 2.44. The normalized spacial score (nSPS) is 16.1. The van der Waals surface area contributed by atoms with Crippen LogP contribution in [-0.4, -0.2) is 66.5 Å². The number of fused-ring (bicyclic) bond motifs is 3. The van der Waals surface area contributed by atoms with E-state index < -0.39 is 5.60 Å². The number of thiazole rings is 1. The summed E-state index contributed by atoms with van der Waals surface area (Å²) in [6.07, 6.45) is 7.72. The number of amides is 3. The van der Waals surface area contributed by atoms with Gasteiger partial charge >= 0.3 is 12.1 Å². The molecule has 11 nitrogen and oxygen atoms in total. The fraction of sp³-hybridized carbons (Fsp3) is 0.379. The van der Waals surface area contributed by atoms with E-state index in [4.69, 9.17) is 26.4 Å². The number of rotatable bonds is 5. The Morgan fingerprint density at radius 3 is 2.71 bits per heavy atom. The lowest BCUT2D eigenvalue weighted by Gasteiger charge is -2.28. The molecule has 13 heteroatoms. The van der Waals surface area contributed by atoms with E-state index in [9.17, 15) is 9.59 Å². The van der Waals surface area contributed by atoms with Gasteiger partial charge in [0.2, 0.25) is 0 Å². The van der Waals surface area contributed by atoms with Gasteiger partial charge in [0.25, 0.3) is 0 Å². The zero-order valence-corrected chi connectivity index (χ0v) is 25.1. The summed E-state index contributed by atoms with van der Waals surface area (Å²) in [5, 5.41) is 11.8. The molecule has 0 bridgehead atoms. The fourth-order valence-electron chi connectivity index (χ4n) is 5.34. The van der Waals surface area contributed by atoms with Crippen LogP contribution < -0.4 is 10.6 Å². The minimum absolute atomic E-state index is 0.122. The van der Waals surface area contributed by atoms with E-state index in [1.54, 1.807) is 17.3 Å². The van der Waals surface area contributed by atoms with Gasteiger partial charge in [0.15, 0.2) is 5.13 Å². The molecule has 0 unspecified atom stereocenters. The molecule has 4 heterocycles. The number of anilines is 1. The molecule has 2 aliphatic rings. The second-order valence-corrected chi connectivity index (χ2v) is 12.7. The van der Waals surface area contributed by atoms with Gasteiger partial charge in [-0.1, -0.05) is 35.1 Å². The number of aromatic nitrogens is 5. The molecule has 2 N–H and O–H groups in total. The van der Waals surface area contributed by atoms with Crippen molar-refractivity contribution < 1.29 is 14.3 Å². The number of urea groups is 1. The predicted octanol–water partition coefficient (Wildman–Crippen LogP) is 5.73. The first kappa shape index (κ1) is 28.1. The second-order valence-electron chi connectivity index (χ2n) is 11.3. The van der Waals surface area contributed by atoms with Crippen molar-refractivity contribution in [1.82, 2.24) is 34.9 Å². The number of halogens is 1. The zero-order chi connectivity index (χ0) is 29.4. The van der Waals surface area contributed by atoms with Crippen molar-refractivity contribution in [2.75, 3.05) is 18.4 Å². The van der Waals surface area contributed by atoms with Crippen LogP contribution in [0.4, 0.5) is 14.7 Å². The molecule has 1 aliphatic heterocycles. The van der Waals surface area contributed by atoms with Crippen LogP contribution >= 0.6 is 22.9 Å². The van der Waals surface area contributed by atoms with E-state index in [-0.39, 0.29) is 18.2 Å². The summed E-state index contributed by atoms with van der Waals surface area (Å²) in [6, 6.07) is 7.06. The average Bonchev–Trinajstić information content (AvgIpc) is 3.68. The summed E-state index contributed by atoms with van der Waals surface area (Å²) in [6.45, 7) is 6.46. The highest BCUT2D eigenvalue weighted by molar-refractivity contribution is 7.19. The van der Waals surface area contributed by atoms with Crippen LogP contribution in [0.15, 0.2) is 43.0 Å². The van der Waals surface area contributed by atoms with Gasteiger partial charge in [-0.15, -0.1) is 0 Å². The summed E-state index contributed by atoms with van der Waals surface area (Å²) >= 11 is 8.01. The van der Waals surface area contributed by atoms with E-state index in [0.717, 1.165) is 51.6 Å². The molecule has 1 aliphatic carbocycles. The van der Waals surface area contributed by atoms with E-state index in [1.165, 1.54) is 17.7 Å². The van der Waals surface area contributed by atoms with Crippen molar-refractivity contribution in [2.45, 2.75) is 58.1 Å². The third-order valence-corrected chi connectivity index (χ3v) is 8.49. The Morgan fingerprint density at radius 1 is 1.17 bits per heavy atom. The van der Waals surface area contributed by atoms with Crippen molar-refractivity contribution >= 4 is 40.2 Å². The van der Waals surface area contributed by atoms with Crippen LogP contribution in [0.2, 0.25) is 5.02 Å². The van der Waals surface area contributed by atoms with Crippen molar-refractivity contribution in [1.29, 1.82) is 0 Å². The van der Waals surface area contributed by atoms with Crippen molar-refractivity contribution in [3.63, 3.8) is 0 Å². The first-order valence-electron chi connectivity index (χ1n) is 13.8. The van der Waals surface area contributed by atoms with Crippen LogP contribution in [0.1, 0.15) is 44.9 Å². The predicted molar refractivity (Wildman–Crippen MR) is 161 cm³/mol. The Kier molecular flexibility index (Phi) is 7.58. The summed E-state index contributed by atoms with van der Waals surface area (Å²) in [5.41, 5.74) is 4.63. The van der Waals surface area contributed by atoms with E-state index >= 15 is 0 Å². The quantitative estimate of drug-likeness (QED) is 0.297. The van der Waals surface area contributed by atoms with Gasteiger partial charge in [-0.25, -0.2) is 29.2 Å². The molecule has 3 amide bonds. The molecule has 3 aromatic heterocycles. The molecule has 42 heavy (non-hydrogen) atoms. The number of benzene rings is 1. The van der Waals surface area contributed by atoms with Gasteiger partial charge in [-0.3, -0.25) is 5.32 Å². The van der Waals surface area contributed by atoms with Gasteiger partial charge in [0, 0.05) is 36.6 Å². The molecule has 1 atom stereocenters. The minimum Gasteiger partial charge on any atom is -0.444 e. The number of likely N-dealkylation sites (tertiary alicyclic amines) is 1. The number of hydrogen-bond donors (Lipinski definition) is 2. The summed E-state index contributed by atoms with van der Waals surface area (Å²) in [4.78, 5) is 41.3. The van der Waals surface area contributed by atoms with Gasteiger partial charge in [0.05, 0.1) is 38.7 Å². The minimum atomic E-state index is -0.574. The molecular weight excluding hydrogens is 576 g/mol. The molecule has 6 rings (SSSR count). The molecule has 1 fully saturated rings. The molecule has 4 aromatic rings. The Morgan fingerprint density at radius 2 is 1.95 bits per heavy atom. The van der Waals surface area contributed by atoms with Crippen LogP contribution in [0.3, 0.4) is 0 Å². The van der Waals surface area contributed by atoms with Gasteiger partial charge in [-0.2, -0.15) is 5.10 Å². The molecule has 218 valence electrons. The molecule has 0 radical (unpaired) electrons. The number of carbonyl (C=O) groups excluding carboxylic acids is 2. The number of para-hydroxylation sites is 1. The van der Waals surface area contributed by atoms with Crippen molar-refractivity contribution in [3.05, 3.63) is 59.3 Å². The Hall–Kier alpha value is -4.03. The average molecular weight is 607 g/mol. The lowest BCUT2D eigenvalue weighted by molar-refractivity contribution is 0.0228. The van der Waals surface area contributed by atoms with Crippen molar-refractivity contribution in [2.24, 2.45) is 0 Å². The molecular formula is C29H31ClN8O3S. The van der Waals surface area contributed by atoms with E-state index in [1.807, 2.05) is 49.7 Å². The Labute approximate surface area is 252 Å². The topological polar surface area (TPSA) is 127 Å². The lowest BCUT2D eigenvalue weighted by atomic mass is 9.96. The highest BCUT2D eigenvalue weighted by Gasteiger charge is 2.33. The van der Waals surface area contributed by atoms with Crippen LogP contribution in [0, 0.1) is 0 Å². The lowest BCUT2D eigenvalue weighted by Crippen LogP contribution is -2.45. The first-order chi connectivity index (χ1) is 20.2. The summed E-state index contributed by atoms with van der Waals surface area (Å²) in [5.74, 6) is 0. The number of nitrogens with zero attached hydrogens (tertiary/aromatic N) is 6. The highest BCUT2D eigenvalue weighted by atomic mass is 35.5. The van der Waals surface area contributed by atoms with Crippen LogP contribution in [0.25, 0.3) is 27.5 Å². The summed E-state index contributed by atoms with van der Waals surface area (Å²) in [7, 11) is 0. The Bertz CT molecular complexity index is 1630. The zero-order valence-electron chi connectivity index (χ0n) is 23.6. The fourth-order valence-corrected chi connectivity index (χ4v) is 6.62. The Balaban J connectivity index is 1.23. The van der Waals surface area contributed by atoms with E-state index in [0.29, 0.717) is 36.1 Å². The SMILES string of the molecule is CC(C)(C)OC(=O)N1CCC[C@H]1CNC(=O)Nc1nc2c(s1)-c1c(c(-c3cncnc3)nn1-c1ccccc1Cl)CC2.